The number of carbonyl (C=O) groups excluding carboxylic acids is 1. The van der Waals surface area contributed by atoms with Crippen LogP contribution in [0.2, 0.25) is 0 Å². The fourth-order valence-electron chi connectivity index (χ4n) is 3.85. The summed E-state index contributed by atoms with van der Waals surface area (Å²) in [5, 5.41) is 4.13. The molecule has 2 aromatic heterocycles. The molecule has 134 valence electrons. The molecule has 5 heteroatoms. The average molecular weight is 348 g/mol. The van der Waals surface area contributed by atoms with Gasteiger partial charge in [0.25, 0.3) is 0 Å². The second-order valence-corrected chi connectivity index (χ2v) is 6.95. The number of rotatable bonds is 5. The summed E-state index contributed by atoms with van der Waals surface area (Å²) in [4.78, 5) is 21.8. The van der Waals surface area contributed by atoms with Crippen LogP contribution >= 0.6 is 0 Å². The van der Waals surface area contributed by atoms with Gasteiger partial charge in [-0.25, -0.2) is 0 Å². The van der Waals surface area contributed by atoms with Gasteiger partial charge in [0.15, 0.2) is 0 Å². The highest BCUT2D eigenvalue weighted by Crippen LogP contribution is 2.33. The Labute approximate surface area is 153 Å². The maximum atomic E-state index is 11.1. The summed E-state index contributed by atoms with van der Waals surface area (Å²) in [5.41, 5.74) is 4.56. The molecule has 3 heterocycles. The highest BCUT2D eigenvalue weighted by Gasteiger charge is 2.27. The first-order chi connectivity index (χ1) is 12.7. The highest BCUT2D eigenvalue weighted by atomic mass is 16.1. The van der Waals surface area contributed by atoms with Gasteiger partial charge < -0.3 is 10.3 Å². The molecule has 5 nitrogen and oxygen atoms in total. The summed E-state index contributed by atoms with van der Waals surface area (Å²) in [6.07, 6.45) is 4.31. The zero-order valence-electron chi connectivity index (χ0n) is 15.0. The number of fused-ring (bicyclic) bond motifs is 1. The Morgan fingerprint density at radius 2 is 2.15 bits per heavy atom. The summed E-state index contributed by atoms with van der Waals surface area (Å²) in [6, 6.07) is 15.1. The summed E-state index contributed by atoms with van der Waals surface area (Å²) in [7, 11) is 0. The first kappa shape index (κ1) is 16.8. The molecule has 1 aliphatic heterocycles. The molecule has 1 fully saturated rings. The summed E-state index contributed by atoms with van der Waals surface area (Å²) in [5.74, 6) is -0.0284. The van der Waals surface area contributed by atoms with Gasteiger partial charge in [-0.15, -0.1) is 0 Å². The Morgan fingerprint density at radius 1 is 1.27 bits per heavy atom. The number of nitrogens with one attached hydrogen (secondary N) is 2. The Bertz CT molecular complexity index is 917. The van der Waals surface area contributed by atoms with Crippen LogP contribution in [-0.2, 0) is 17.9 Å². The van der Waals surface area contributed by atoms with Crippen molar-refractivity contribution in [3.8, 4) is 0 Å². The van der Waals surface area contributed by atoms with Crippen molar-refractivity contribution in [3.63, 3.8) is 0 Å². The van der Waals surface area contributed by atoms with Crippen LogP contribution in [0.5, 0.6) is 0 Å². The molecule has 0 bridgehead atoms. The fraction of sp³-hybridized carbons (Fsp3) is 0.333. The number of likely N-dealkylation sites (tertiary alicyclic amines) is 1. The van der Waals surface area contributed by atoms with Crippen molar-refractivity contribution in [2.75, 3.05) is 6.54 Å². The minimum atomic E-state index is -0.0284. The second kappa shape index (κ2) is 7.30. The van der Waals surface area contributed by atoms with Crippen LogP contribution in [0.3, 0.4) is 0 Å². The van der Waals surface area contributed by atoms with Gasteiger partial charge in [-0.2, -0.15) is 0 Å². The van der Waals surface area contributed by atoms with Crippen molar-refractivity contribution in [2.45, 2.75) is 38.9 Å². The largest absolute Gasteiger partial charge is 0.361 e. The molecule has 0 saturated carbocycles. The highest BCUT2D eigenvalue weighted by molar-refractivity contribution is 5.82. The molecule has 4 rings (SSSR count). The third-order valence-corrected chi connectivity index (χ3v) is 5.11. The number of H-pyrrole nitrogens is 1. The van der Waals surface area contributed by atoms with E-state index in [4.69, 9.17) is 4.98 Å². The van der Waals surface area contributed by atoms with Gasteiger partial charge in [-0.05, 0) is 49.2 Å². The van der Waals surface area contributed by atoms with E-state index in [0.717, 1.165) is 30.9 Å². The van der Waals surface area contributed by atoms with Gasteiger partial charge in [0.05, 0.1) is 24.0 Å². The Kier molecular flexibility index (Phi) is 4.71. The van der Waals surface area contributed by atoms with E-state index in [1.165, 1.54) is 29.8 Å². The number of hydrogen-bond acceptors (Lipinski definition) is 3. The van der Waals surface area contributed by atoms with Gasteiger partial charge in [0.1, 0.15) is 0 Å². The third kappa shape index (κ3) is 3.48. The monoisotopic (exact) mass is 348 g/mol. The van der Waals surface area contributed by atoms with E-state index in [1.807, 2.05) is 18.3 Å². The molecule has 2 N–H and O–H groups in total. The van der Waals surface area contributed by atoms with E-state index < -0.39 is 0 Å². The molecule has 1 aliphatic rings. The lowest BCUT2D eigenvalue weighted by Gasteiger charge is -2.25. The zero-order valence-corrected chi connectivity index (χ0v) is 15.0. The van der Waals surface area contributed by atoms with E-state index in [-0.39, 0.29) is 5.91 Å². The summed E-state index contributed by atoms with van der Waals surface area (Å²) in [6.45, 7) is 4.03. The summed E-state index contributed by atoms with van der Waals surface area (Å²) < 4.78 is 0. The number of benzene rings is 1. The van der Waals surface area contributed by atoms with Crippen LogP contribution in [0, 0.1) is 0 Å². The van der Waals surface area contributed by atoms with Crippen molar-refractivity contribution in [3.05, 3.63) is 65.6 Å². The van der Waals surface area contributed by atoms with E-state index >= 15 is 0 Å². The molecule has 1 saturated heterocycles. The molecule has 0 aliphatic carbocycles. The van der Waals surface area contributed by atoms with Crippen molar-refractivity contribution in [2.24, 2.45) is 0 Å². The van der Waals surface area contributed by atoms with Crippen LogP contribution in [0.25, 0.3) is 10.9 Å². The lowest BCUT2D eigenvalue weighted by molar-refractivity contribution is -0.119. The smallest absolute Gasteiger partial charge is 0.217 e. The molecule has 26 heavy (non-hydrogen) atoms. The first-order valence-electron chi connectivity index (χ1n) is 9.20. The molecular weight excluding hydrogens is 324 g/mol. The normalized spacial score (nSPS) is 17.7. The Balaban J connectivity index is 1.54. The van der Waals surface area contributed by atoms with Crippen LogP contribution in [0.15, 0.2) is 48.7 Å². The molecule has 0 radical (unpaired) electrons. The van der Waals surface area contributed by atoms with Crippen molar-refractivity contribution < 1.29 is 4.79 Å². The fourth-order valence-corrected chi connectivity index (χ4v) is 3.85. The van der Waals surface area contributed by atoms with Gasteiger partial charge in [0, 0.05) is 30.6 Å². The predicted octanol–water partition coefficient (Wildman–Crippen LogP) is 3.54. The summed E-state index contributed by atoms with van der Waals surface area (Å²) >= 11 is 0. The molecular formula is C21H24N4O. The van der Waals surface area contributed by atoms with E-state index in [0.29, 0.717) is 12.6 Å². The van der Waals surface area contributed by atoms with Gasteiger partial charge in [-0.1, -0.05) is 18.2 Å². The third-order valence-electron chi connectivity index (χ3n) is 5.11. The first-order valence-corrected chi connectivity index (χ1v) is 9.20. The minimum Gasteiger partial charge on any atom is -0.361 e. The average Bonchev–Trinajstić information content (AvgIpc) is 3.30. The van der Waals surface area contributed by atoms with Crippen molar-refractivity contribution in [1.29, 1.82) is 0 Å². The SMILES string of the molecule is CC(=O)NCc1cccc([C@@H]2CCCN2Cc2cccc3[nH]ccc23)n1. The van der Waals surface area contributed by atoms with Crippen LogP contribution in [-0.4, -0.2) is 27.3 Å². The standard InChI is InChI=1S/C21H24N4O/c1-15(26)23-13-17-6-3-8-20(24-17)21-9-4-12-25(21)14-16-5-2-7-19-18(16)10-11-22-19/h2-3,5-8,10-11,21-22H,4,9,12-14H2,1H3,(H,23,26)/t21-/m0/s1. The van der Waals surface area contributed by atoms with Crippen LogP contribution in [0.1, 0.15) is 42.8 Å². The molecule has 1 atom stereocenters. The molecule has 1 aromatic carbocycles. The number of hydrogen-bond donors (Lipinski definition) is 2. The number of aromatic amines is 1. The Morgan fingerprint density at radius 3 is 3.04 bits per heavy atom. The van der Waals surface area contributed by atoms with E-state index in [2.05, 4.69) is 45.5 Å². The Hall–Kier alpha value is -2.66. The topological polar surface area (TPSA) is 61.0 Å². The van der Waals surface area contributed by atoms with Gasteiger partial charge in [0.2, 0.25) is 5.91 Å². The predicted molar refractivity (Wildman–Crippen MR) is 102 cm³/mol. The van der Waals surface area contributed by atoms with E-state index in [9.17, 15) is 4.79 Å². The van der Waals surface area contributed by atoms with Gasteiger partial charge in [-0.3, -0.25) is 14.7 Å². The number of aromatic nitrogens is 2. The lowest BCUT2D eigenvalue weighted by atomic mass is 10.1. The van der Waals surface area contributed by atoms with Crippen molar-refractivity contribution >= 4 is 16.8 Å². The zero-order chi connectivity index (χ0) is 17.9. The molecule has 1 amide bonds. The number of pyridine rings is 1. The van der Waals surface area contributed by atoms with Gasteiger partial charge >= 0.3 is 0 Å². The minimum absolute atomic E-state index is 0.0284. The lowest BCUT2D eigenvalue weighted by Crippen LogP contribution is -2.24. The molecule has 0 spiro atoms. The number of carbonyl (C=O) groups is 1. The molecule has 0 unspecified atom stereocenters. The van der Waals surface area contributed by atoms with Crippen molar-refractivity contribution in [1.82, 2.24) is 20.2 Å². The van der Waals surface area contributed by atoms with Crippen LogP contribution < -0.4 is 5.32 Å². The van der Waals surface area contributed by atoms with Crippen LogP contribution in [0.4, 0.5) is 0 Å². The van der Waals surface area contributed by atoms with E-state index in [1.54, 1.807) is 0 Å². The molecule has 3 aromatic rings. The quantitative estimate of drug-likeness (QED) is 0.741. The maximum absolute atomic E-state index is 11.1. The second-order valence-electron chi connectivity index (χ2n) is 6.95. The maximum Gasteiger partial charge on any atom is 0.217 e. The number of nitrogens with zero attached hydrogens (tertiary/aromatic N) is 2. The number of amides is 1.